The van der Waals surface area contributed by atoms with Crippen LogP contribution in [-0.4, -0.2) is 31.3 Å². The predicted molar refractivity (Wildman–Crippen MR) is 158 cm³/mol. The molecule has 0 radical (unpaired) electrons. The molecule has 0 saturated heterocycles. The highest BCUT2D eigenvalue weighted by Gasteiger charge is 2.23. The Kier molecular flexibility index (Phi) is 8.19. The number of benzene rings is 4. The molecule has 5 rings (SSSR count). The van der Waals surface area contributed by atoms with Crippen LogP contribution in [0.5, 0.6) is 0 Å². The second-order valence-corrected chi connectivity index (χ2v) is 11.2. The number of pyridine rings is 1. The van der Waals surface area contributed by atoms with Crippen molar-refractivity contribution < 1.29 is 18.0 Å². The summed E-state index contributed by atoms with van der Waals surface area (Å²) < 4.78 is 29.3. The molecule has 0 fully saturated rings. The standard InChI is InChI=1S/C32H28N4O4S/c33-31(37)28(20-22-10-2-1-3-11-22)36-32(38)27-17-7-6-16-26(27)25-15-5-4-12-24(25)21-35-41(39,40)29-18-8-13-23-14-9-19-34-30(23)29/h1-19,28,35H,20-21H2,(H2,33,37)(H,36,38). The fourth-order valence-electron chi connectivity index (χ4n) is 4.71. The summed E-state index contributed by atoms with van der Waals surface area (Å²) >= 11 is 0. The van der Waals surface area contributed by atoms with Gasteiger partial charge in [-0.3, -0.25) is 14.6 Å². The van der Waals surface area contributed by atoms with Gasteiger partial charge in [0.25, 0.3) is 5.91 Å². The highest BCUT2D eigenvalue weighted by Crippen LogP contribution is 2.28. The molecule has 8 nitrogen and oxygen atoms in total. The van der Waals surface area contributed by atoms with Crippen LogP contribution in [0.4, 0.5) is 0 Å². The molecule has 0 aliphatic heterocycles. The summed E-state index contributed by atoms with van der Waals surface area (Å²) in [6, 6.07) is 31.2. The average Bonchev–Trinajstić information content (AvgIpc) is 3.00. The van der Waals surface area contributed by atoms with Crippen molar-refractivity contribution in [3.8, 4) is 11.1 Å². The third-order valence-corrected chi connectivity index (χ3v) is 8.18. The third-order valence-electron chi connectivity index (χ3n) is 6.75. The van der Waals surface area contributed by atoms with Gasteiger partial charge in [0.2, 0.25) is 15.9 Å². The lowest BCUT2D eigenvalue weighted by Gasteiger charge is -2.18. The monoisotopic (exact) mass is 564 g/mol. The number of hydrogen-bond acceptors (Lipinski definition) is 5. The Morgan fingerprint density at radius 1 is 0.780 bits per heavy atom. The lowest BCUT2D eigenvalue weighted by molar-refractivity contribution is -0.119. The molecule has 4 aromatic carbocycles. The fourth-order valence-corrected chi connectivity index (χ4v) is 5.89. The maximum absolute atomic E-state index is 13.4. The van der Waals surface area contributed by atoms with Gasteiger partial charge < -0.3 is 11.1 Å². The van der Waals surface area contributed by atoms with Gasteiger partial charge in [0, 0.05) is 30.1 Å². The van der Waals surface area contributed by atoms with Crippen molar-refractivity contribution in [1.29, 1.82) is 0 Å². The van der Waals surface area contributed by atoms with Crippen LogP contribution >= 0.6 is 0 Å². The molecule has 9 heteroatoms. The summed E-state index contributed by atoms with van der Waals surface area (Å²) in [7, 11) is -3.91. The van der Waals surface area contributed by atoms with E-state index in [2.05, 4.69) is 15.0 Å². The zero-order valence-corrected chi connectivity index (χ0v) is 22.8. The zero-order valence-electron chi connectivity index (χ0n) is 22.0. The van der Waals surface area contributed by atoms with E-state index >= 15 is 0 Å². The first-order valence-corrected chi connectivity index (χ1v) is 14.5. The maximum atomic E-state index is 13.4. The molecule has 206 valence electrons. The van der Waals surface area contributed by atoms with Crippen molar-refractivity contribution in [3.05, 3.63) is 132 Å². The van der Waals surface area contributed by atoms with Gasteiger partial charge in [-0.15, -0.1) is 0 Å². The minimum Gasteiger partial charge on any atom is -0.368 e. The number of amides is 2. The van der Waals surface area contributed by atoms with E-state index in [9.17, 15) is 18.0 Å². The second-order valence-electron chi connectivity index (χ2n) is 9.48. The van der Waals surface area contributed by atoms with Gasteiger partial charge in [0.1, 0.15) is 10.9 Å². The number of fused-ring (bicyclic) bond motifs is 1. The summed E-state index contributed by atoms with van der Waals surface area (Å²) in [6.45, 7) is -0.0183. The lowest BCUT2D eigenvalue weighted by Crippen LogP contribution is -2.46. The number of nitrogens with one attached hydrogen (secondary N) is 2. The van der Waals surface area contributed by atoms with Crippen molar-refractivity contribution >= 4 is 32.7 Å². The van der Waals surface area contributed by atoms with Gasteiger partial charge in [0.15, 0.2) is 0 Å². The van der Waals surface area contributed by atoms with Crippen LogP contribution in [0, 0.1) is 0 Å². The molecule has 0 spiro atoms. The first-order chi connectivity index (χ1) is 19.8. The number of carbonyl (C=O) groups is 2. The van der Waals surface area contributed by atoms with Crippen LogP contribution in [-0.2, 0) is 27.8 Å². The summed E-state index contributed by atoms with van der Waals surface area (Å²) in [6.07, 6.45) is 1.81. The van der Waals surface area contributed by atoms with Crippen molar-refractivity contribution in [2.75, 3.05) is 0 Å². The Balaban J connectivity index is 1.41. The van der Waals surface area contributed by atoms with Crippen LogP contribution in [0.1, 0.15) is 21.5 Å². The molecular formula is C32H28N4O4S. The minimum absolute atomic E-state index is 0.0183. The number of para-hydroxylation sites is 1. The molecule has 0 bridgehead atoms. The Hall–Kier alpha value is -4.86. The van der Waals surface area contributed by atoms with E-state index in [1.165, 1.54) is 6.07 Å². The third kappa shape index (κ3) is 6.32. The Morgan fingerprint density at radius 3 is 2.24 bits per heavy atom. The Morgan fingerprint density at radius 2 is 1.46 bits per heavy atom. The molecule has 4 N–H and O–H groups in total. The highest BCUT2D eigenvalue weighted by molar-refractivity contribution is 7.89. The highest BCUT2D eigenvalue weighted by atomic mass is 32.2. The lowest BCUT2D eigenvalue weighted by atomic mass is 9.94. The molecule has 1 heterocycles. The van der Waals surface area contributed by atoms with Crippen molar-refractivity contribution in [2.24, 2.45) is 5.73 Å². The summed E-state index contributed by atoms with van der Waals surface area (Å²) in [5.74, 6) is -1.10. The van der Waals surface area contributed by atoms with Gasteiger partial charge in [-0.05, 0) is 40.5 Å². The minimum atomic E-state index is -3.91. The number of hydrogen-bond donors (Lipinski definition) is 3. The molecular weight excluding hydrogens is 536 g/mol. The molecule has 0 aliphatic carbocycles. The normalized spacial score (nSPS) is 12.1. The van der Waals surface area contributed by atoms with E-state index in [4.69, 9.17) is 5.73 Å². The van der Waals surface area contributed by atoms with Crippen LogP contribution in [0.15, 0.2) is 120 Å². The van der Waals surface area contributed by atoms with Gasteiger partial charge in [-0.1, -0.05) is 91.0 Å². The van der Waals surface area contributed by atoms with Crippen LogP contribution < -0.4 is 15.8 Å². The Bertz CT molecular complexity index is 1820. The topological polar surface area (TPSA) is 131 Å². The molecule has 1 unspecified atom stereocenters. The number of sulfonamides is 1. The SMILES string of the molecule is NC(=O)C(Cc1ccccc1)NC(=O)c1ccccc1-c1ccccc1CNS(=O)(=O)c1cccc2cccnc12. The van der Waals surface area contributed by atoms with Crippen LogP contribution in [0.2, 0.25) is 0 Å². The second kappa shape index (κ2) is 12.1. The number of carbonyl (C=O) groups excluding carboxylic acids is 2. The quantitative estimate of drug-likeness (QED) is 0.234. The summed E-state index contributed by atoms with van der Waals surface area (Å²) in [4.78, 5) is 30.0. The van der Waals surface area contributed by atoms with Crippen LogP contribution in [0.3, 0.4) is 0 Å². The molecule has 1 aromatic heterocycles. The van der Waals surface area contributed by atoms with Gasteiger partial charge in [-0.25, -0.2) is 13.1 Å². The van der Waals surface area contributed by atoms with Crippen molar-refractivity contribution in [3.63, 3.8) is 0 Å². The molecule has 0 aliphatic rings. The van der Waals surface area contributed by atoms with Gasteiger partial charge in [0.05, 0.1) is 5.52 Å². The predicted octanol–water partition coefficient (Wildman–Crippen LogP) is 4.21. The first kappa shape index (κ1) is 27.7. The molecule has 41 heavy (non-hydrogen) atoms. The molecule has 2 amide bonds. The zero-order chi connectivity index (χ0) is 28.8. The smallest absolute Gasteiger partial charge is 0.252 e. The van der Waals surface area contributed by atoms with E-state index in [1.807, 2.05) is 42.5 Å². The van der Waals surface area contributed by atoms with Crippen LogP contribution in [0.25, 0.3) is 22.0 Å². The molecule has 0 saturated carbocycles. The number of nitrogens with zero attached hydrogens (tertiary/aromatic N) is 1. The molecule has 5 aromatic rings. The van der Waals surface area contributed by atoms with E-state index in [-0.39, 0.29) is 17.9 Å². The fraction of sp³-hybridized carbons (Fsp3) is 0.0938. The van der Waals surface area contributed by atoms with E-state index in [0.717, 1.165) is 10.9 Å². The molecule has 1 atom stereocenters. The van der Waals surface area contributed by atoms with Gasteiger partial charge >= 0.3 is 0 Å². The Labute approximate surface area is 238 Å². The maximum Gasteiger partial charge on any atom is 0.252 e. The number of primary amides is 1. The van der Waals surface area contributed by atoms with Crippen molar-refractivity contribution in [2.45, 2.75) is 23.9 Å². The summed E-state index contributed by atoms with van der Waals surface area (Å²) in [5.41, 5.74) is 9.14. The van der Waals surface area contributed by atoms with E-state index < -0.39 is 27.9 Å². The van der Waals surface area contributed by atoms with E-state index in [0.29, 0.717) is 27.8 Å². The number of nitrogens with two attached hydrogens (primary N) is 1. The van der Waals surface area contributed by atoms with Gasteiger partial charge in [-0.2, -0.15) is 0 Å². The largest absolute Gasteiger partial charge is 0.368 e. The number of aromatic nitrogens is 1. The summed E-state index contributed by atoms with van der Waals surface area (Å²) in [5, 5.41) is 3.49. The number of rotatable bonds is 10. The first-order valence-electron chi connectivity index (χ1n) is 13.0. The van der Waals surface area contributed by atoms with E-state index in [1.54, 1.807) is 66.9 Å². The van der Waals surface area contributed by atoms with Crippen molar-refractivity contribution in [1.82, 2.24) is 15.0 Å². The average molecular weight is 565 g/mol.